The van der Waals surface area contributed by atoms with Crippen molar-refractivity contribution in [3.8, 4) is 0 Å². The third kappa shape index (κ3) is 2.91. The molecule has 5 rings (SSSR count). The Kier molecular flexibility index (Phi) is 4.22. The fraction of sp³-hybridized carbons (Fsp3) is 0.348. The molecule has 2 atom stereocenters. The van der Waals surface area contributed by atoms with Gasteiger partial charge in [-0.3, -0.25) is 4.90 Å². The molecule has 0 aliphatic carbocycles. The molecule has 3 aromatic heterocycles. The number of benzene rings is 1. The van der Waals surface area contributed by atoms with E-state index < -0.39 is 0 Å². The predicted octanol–water partition coefficient (Wildman–Crippen LogP) is 3.36. The Bertz CT molecular complexity index is 1120. The predicted molar refractivity (Wildman–Crippen MR) is 114 cm³/mol. The number of para-hydroxylation sites is 1. The minimum absolute atomic E-state index is 0.510. The van der Waals surface area contributed by atoms with Gasteiger partial charge >= 0.3 is 0 Å². The summed E-state index contributed by atoms with van der Waals surface area (Å²) >= 11 is 0. The van der Waals surface area contributed by atoms with Crippen LogP contribution >= 0.6 is 0 Å². The molecule has 144 valence electrons. The van der Waals surface area contributed by atoms with Crippen molar-refractivity contribution in [2.75, 3.05) is 27.2 Å². The van der Waals surface area contributed by atoms with Crippen molar-refractivity contribution in [1.29, 1.82) is 0 Å². The minimum Gasteiger partial charge on any atom is -0.350 e. The topological polar surface area (TPSA) is 28.7 Å². The van der Waals surface area contributed by atoms with E-state index >= 15 is 0 Å². The molecule has 1 fully saturated rings. The van der Waals surface area contributed by atoms with E-state index in [1.54, 1.807) is 0 Å². The van der Waals surface area contributed by atoms with E-state index in [0.29, 0.717) is 12.0 Å². The van der Waals surface area contributed by atoms with Crippen molar-refractivity contribution in [2.45, 2.75) is 18.5 Å². The number of imidazole rings is 1. The summed E-state index contributed by atoms with van der Waals surface area (Å²) in [6, 6.07) is 13.7. The van der Waals surface area contributed by atoms with Crippen molar-refractivity contribution in [3.63, 3.8) is 0 Å². The zero-order valence-corrected chi connectivity index (χ0v) is 16.8. The average Bonchev–Trinajstić information content (AvgIpc) is 3.39. The van der Waals surface area contributed by atoms with Crippen LogP contribution in [0.15, 0.2) is 61.2 Å². The summed E-state index contributed by atoms with van der Waals surface area (Å²) in [7, 11) is 6.58. The number of likely N-dealkylation sites (tertiary alicyclic amines) is 1. The van der Waals surface area contributed by atoms with Crippen LogP contribution in [-0.2, 0) is 13.6 Å². The maximum absolute atomic E-state index is 4.43. The smallest absolute Gasteiger partial charge is 0.136 e. The third-order valence-electron chi connectivity index (χ3n) is 6.22. The van der Waals surface area contributed by atoms with Gasteiger partial charge in [0.1, 0.15) is 5.65 Å². The summed E-state index contributed by atoms with van der Waals surface area (Å²) in [6.45, 7) is 3.13. The Balaban J connectivity index is 1.45. The molecular formula is C23H27N5. The molecule has 28 heavy (non-hydrogen) atoms. The fourth-order valence-corrected chi connectivity index (χ4v) is 4.80. The monoisotopic (exact) mass is 373 g/mol. The highest BCUT2D eigenvalue weighted by atomic mass is 15.2. The van der Waals surface area contributed by atoms with Crippen LogP contribution in [0.1, 0.15) is 17.0 Å². The largest absolute Gasteiger partial charge is 0.350 e. The lowest BCUT2D eigenvalue weighted by molar-refractivity contribution is 0.260. The molecule has 4 aromatic rings. The molecule has 1 saturated heterocycles. The Morgan fingerprint density at radius 1 is 1.11 bits per heavy atom. The van der Waals surface area contributed by atoms with Crippen LogP contribution in [0.4, 0.5) is 0 Å². The van der Waals surface area contributed by atoms with E-state index in [2.05, 4.69) is 93.7 Å². The van der Waals surface area contributed by atoms with Crippen LogP contribution in [0.2, 0.25) is 0 Å². The molecule has 1 aromatic carbocycles. The molecule has 4 heterocycles. The second-order valence-electron chi connectivity index (χ2n) is 8.27. The Morgan fingerprint density at radius 2 is 1.96 bits per heavy atom. The number of hydrogen-bond acceptors (Lipinski definition) is 3. The summed E-state index contributed by atoms with van der Waals surface area (Å²) in [6.07, 6.45) is 8.30. The first-order valence-electron chi connectivity index (χ1n) is 9.94. The molecule has 0 N–H and O–H groups in total. The minimum atomic E-state index is 0.510. The third-order valence-corrected chi connectivity index (χ3v) is 6.22. The summed E-state index contributed by atoms with van der Waals surface area (Å²) in [4.78, 5) is 9.41. The number of hydrogen-bond donors (Lipinski definition) is 0. The van der Waals surface area contributed by atoms with Crippen LogP contribution in [0.25, 0.3) is 16.6 Å². The first kappa shape index (κ1) is 17.5. The summed E-state index contributed by atoms with van der Waals surface area (Å²) in [5.41, 5.74) is 5.14. The molecular weight excluding hydrogens is 346 g/mol. The first-order valence-corrected chi connectivity index (χ1v) is 9.94. The Hall–Kier alpha value is -2.63. The van der Waals surface area contributed by atoms with E-state index in [-0.39, 0.29) is 0 Å². The molecule has 5 nitrogen and oxygen atoms in total. The van der Waals surface area contributed by atoms with Crippen LogP contribution < -0.4 is 0 Å². The molecule has 0 amide bonds. The number of aromatic nitrogens is 3. The number of fused-ring (bicyclic) bond motifs is 2. The van der Waals surface area contributed by atoms with Gasteiger partial charge in [0.15, 0.2) is 0 Å². The van der Waals surface area contributed by atoms with Gasteiger partial charge in [-0.05, 0) is 43.4 Å². The second-order valence-corrected chi connectivity index (χ2v) is 8.27. The molecule has 0 bridgehead atoms. The van der Waals surface area contributed by atoms with E-state index in [1.807, 2.05) is 12.4 Å². The zero-order valence-electron chi connectivity index (χ0n) is 16.8. The number of nitrogens with zero attached hydrogens (tertiary/aromatic N) is 5. The number of aryl methyl sites for hydroxylation is 1. The van der Waals surface area contributed by atoms with Crippen molar-refractivity contribution in [3.05, 3.63) is 72.3 Å². The van der Waals surface area contributed by atoms with Gasteiger partial charge < -0.3 is 13.9 Å². The highest BCUT2D eigenvalue weighted by Crippen LogP contribution is 2.36. The summed E-state index contributed by atoms with van der Waals surface area (Å²) < 4.78 is 4.33. The molecule has 0 saturated carbocycles. The summed E-state index contributed by atoms with van der Waals surface area (Å²) in [5, 5.41) is 1.39. The van der Waals surface area contributed by atoms with E-state index in [1.165, 1.54) is 22.0 Å². The van der Waals surface area contributed by atoms with Crippen LogP contribution in [0, 0.1) is 0 Å². The average molecular weight is 374 g/mol. The lowest BCUT2D eigenvalue weighted by Crippen LogP contribution is -2.34. The van der Waals surface area contributed by atoms with E-state index in [0.717, 1.165) is 25.3 Å². The summed E-state index contributed by atoms with van der Waals surface area (Å²) in [5.74, 6) is 0.510. The number of rotatable bonds is 4. The molecule has 5 heteroatoms. The van der Waals surface area contributed by atoms with Crippen LogP contribution in [0.3, 0.4) is 0 Å². The highest BCUT2D eigenvalue weighted by Gasteiger charge is 2.36. The standard InChI is InChI=1S/C23H27N5/c1-25(2)22-16-27(13-17-8-10-28-11-9-24-23(28)12-17)15-20(22)19-14-26(3)21-7-5-4-6-18(19)21/h4-12,14,20,22H,13,15-16H2,1-3H3/t20-,22+/m1/s1. The SMILES string of the molecule is CN(C)[C@H]1CN(Cc2ccn3ccnc3c2)C[C@@H]1c1cn(C)c2ccccc12. The van der Waals surface area contributed by atoms with Crippen molar-refractivity contribution >= 4 is 16.6 Å². The van der Waals surface area contributed by atoms with Gasteiger partial charge in [0, 0.05) is 74.3 Å². The van der Waals surface area contributed by atoms with Crippen molar-refractivity contribution in [2.24, 2.45) is 7.05 Å². The molecule has 0 radical (unpaired) electrons. The highest BCUT2D eigenvalue weighted by molar-refractivity contribution is 5.84. The second kappa shape index (κ2) is 6.76. The zero-order chi connectivity index (χ0) is 19.3. The maximum Gasteiger partial charge on any atom is 0.136 e. The van der Waals surface area contributed by atoms with Crippen molar-refractivity contribution in [1.82, 2.24) is 23.8 Å². The quantitative estimate of drug-likeness (QED) is 0.549. The van der Waals surface area contributed by atoms with E-state index in [4.69, 9.17) is 0 Å². The van der Waals surface area contributed by atoms with Crippen LogP contribution in [-0.4, -0.2) is 57.0 Å². The number of likely N-dealkylation sites (N-methyl/N-ethyl adjacent to an activating group) is 1. The fourth-order valence-electron chi connectivity index (χ4n) is 4.80. The van der Waals surface area contributed by atoms with Gasteiger partial charge in [-0.15, -0.1) is 0 Å². The van der Waals surface area contributed by atoms with Crippen molar-refractivity contribution < 1.29 is 0 Å². The van der Waals surface area contributed by atoms with Crippen LogP contribution in [0.5, 0.6) is 0 Å². The Labute approximate surface area is 165 Å². The van der Waals surface area contributed by atoms with Gasteiger partial charge in [-0.25, -0.2) is 4.98 Å². The lowest BCUT2D eigenvalue weighted by atomic mass is 9.93. The molecule has 0 unspecified atom stereocenters. The first-order chi connectivity index (χ1) is 13.6. The molecule has 0 spiro atoms. The maximum atomic E-state index is 4.43. The Morgan fingerprint density at radius 3 is 2.82 bits per heavy atom. The van der Waals surface area contributed by atoms with Gasteiger partial charge in [-0.2, -0.15) is 0 Å². The van der Waals surface area contributed by atoms with Gasteiger partial charge in [-0.1, -0.05) is 18.2 Å². The van der Waals surface area contributed by atoms with E-state index in [9.17, 15) is 0 Å². The number of pyridine rings is 1. The van der Waals surface area contributed by atoms with Gasteiger partial charge in [0.05, 0.1) is 0 Å². The normalized spacial score (nSPS) is 20.7. The van der Waals surface area contributed by atoms with Gasteiger partial charge in [0.25, 0.3) is 0 Å². The molecule has 1 aliphatic heterocycles. The van der Waals surface area contributed by atoms with Gasteiger partial charge in [0.2, 0.25) is 0 Å². The molecule has 1 aliphatic rings. The lowest BCUT2D eigenvalue weighted by Gasteiger charge is -2.25.